The van der Waals surface area contributed by atoms with Crippen molar-refractivity contribution < 1.29 is 14.6 Å². The third kappa shape index (κ3) is 5.29. The molecule has 3 heteroatoms. The van der Waals surface area contributed by atoms with E-state index in [2.05, 4.69) is 19.6 Å². The predicted octanol–water partition coefficient (Wildman–Crippen LogP) is 4.73. The molecule has 0 unspecified atom stereocenters. The van der Waals surface area contributed by atoms with Gasteiger partial charge in [-0.05, 0) is 55.4 Å². The maximum atomic E-state index is 9.56. The molecule has 0 fully saturated rings. The summed E-state index contributed by atoms with van der Waals surface area (Å²) in [6.45, 7) is 7.43. The van der Waals surface area contributed by atoms with Crippen LogP contribution in [0.3, 0.4) is 0 Å². The first kappa shape index (κ1) is 17.4. The van der Waals surface area contributed by atoms with Crippen molar-refractivity contribution >= 4 is 6.08 Å². The second kappa shape index (κ2) is 8.59. The molecule has 0 aliphatic heterocycles. The number of phenols is 1. The minimum Gasteiger partial charge on any atom is -0.504 e. The molecule has 0 saturated heterocycles. The van der Waals surface area contributed by atoms with Gasteiger partial charge < -0.3 is 14.6 Å². The van der Waals surface area contributed by atoms with E-state index >= 15 is 0 Å². The molecule has 1 aliphatic rings. The van der Waals surface area contributed by atoms with Crippen LogP contribution in [-0.4, -0.2) is 25.4 Å². The molecule has 0 aromatic heterocycles. The first-order valence-corrected chi connectivity index (χ1v) is 8.04. The SMILES string of the molecule is C=C(C)[C@H]1CC=C(COC/C=C/c2ccc(O)c(OC)c2)CC1. The number of rotatable bonds is 7. The highest BCUT2D eigenvalue weighted by Crippen LogP contribution is 2.28. The fraction of sp³-hybridized carbons (Fsp3) is 0.400. The Hall–Kier alpha value is -2.00. The number of methoxy groups -OCH3 is 1. The van der Waals surface area contributed by atoms with Crippen molar-refractivity contribution in [2.45, 2.75) is 26.2 Å². The van der Waals surface area contributed by atoms with Crippen LogP contribution in [0.4, 0.5) is 0 Å². The Balaban J connectivity index is 1.74. The van der Waals surface area contributed by atoms with Crippen LogP contribution >= 0.6 is 0 Å². The number of allylic oxidation sites excluding steroid dienone is 2. The summed E-state index contributed by atoms with van der Waals surface area (Å²) >= 11 is 0. The highest BCUT2D eigenvalue weighted by molar-refractivity contribution is 5.55. The third-order valence-corrected chi connectivity index (χ3v) is 4.22. The molecule has 0 bridgehead atoms. The number of hydrogen-bond donors (Lipinski definition) is 1. The van der Waals surface area contributed by atoms with Gasteiger partial charge in [-0.1, -0.05) is 36.4 Å². The molecule has 1 N–H and O–H groups in total. The minimum atomic E-state index is 0.151. The summed E-state index contributed by atoms with van der Waals surface area (Å²) in [5.41, 5.74) is 3.65. The molecule has 1 aromatic rings. The number of hydrogen-bond acceptors (Lipinski definition) is 3. The zero-order valence-electron chi connectivity index (χ0n) is 14.0. The lowest BCUT2D eigenvalue weighted by molar-refractivity contribution is 0.182. The van der Waals surface area contributed by atoms with E-state index in [1.807, 2.05) is 18.2 Å². The molecule has 0 radical (unpaired) electrons. The van der Waals surface area contributed by atoms with Gasteiger partial charge in [-0.2, -0.15) is 0 Å². The van der Waals surface area contributed by atoms with Crippen molar-refractivity contribution in [2.24, 2.45) is 5.92 Å². The van der Waals surface area contributed by atoms with E-state index in [-0.39, 0.29) is 5.75 Å². The van der Waals surface area contributed by atoms with Crippen LogP contribution in [-0.2, 0) is 4.74 Å². The van der Waals surface area contributed by atoms with Crippen molar-refractivity contribution in [1.29, 1.82) is 0 Å². The van der Waals surface area contributed by atoms with E-state index in [9.17, 15) is 5.11 Å². The Morgan fingerprint density at radius 1 is 1.43 bits per heavy atom. The maximum Gasteiger partial charge on any atom is 0.161 e. The summed E-state index contributed by atoms with van der Waals surface area (Å²) in [7, 11) is 1.54. The van der Waals surface area contributed by atoms with E-state index < -0.39 is 0 Å². The molecular formula is C20H26O3. The quantitative estimate of drug-likeness (QED) is 0.584. The Kier molecular flexibility index (Phi) is 6.48. The summed E-state index contributed by atoms with van der Waals surface area (Å²) in [4.78, 5) is 0. The van der Waals surface area contributed by atoms with Crippen LogP contribution in [0.25, 0.3) is 6.08 Å². The van der Waals surface area contributed by atoms with E-state index in [0.29, 0.717) is 24.9 Å². The van der Waals surface area contributed by atoms with E-state index in [1.165, 1.54) is 17.6 Å². The molecule has 2 rings (SSSR count). The molecule has 3 nitrogen and oxygen atoms in total. The Morgan fingerprint density at radius 2 is 2.26 bits per heavy atom. The van der Waals surface area contributed by atoms with Gasteiger partial charge in [0.05, 0.1) is 20.3 Å². The molecule has 0 saturated carbocycles. The minimum absolute atomic E-state index is 0.151. The molecule has 0 spiro atoms. The normalized spacial score (nSPS) is 18.0. The van der Waals surface area contributed by atoms with E-state index in [4.69, 9.17) is 9.47 Å². The van der Waals surface area contributed by atoms with Crippen LogP contribution < -0.4 is 4.74 Å². The van der Waals surface area contributed by atoms with Crippen molar-refractivity contribution in [2.75, 3.05) is 20.3 Å². The molecule has 124 valence electrons. The average Bonchev–Trinajstić information content (AvgIpc) is 2.56. The van der Waals surface area contributed by atoms with Gasteiger partial charge in [0.15, 0.2) is 11.5 Å². The lowest BCUT2D eigenvalue weighted by Crippen LogP contribution is -2.09. The van der Waals surface area contributed by atoms with Gasteiger partial charge in [-0.25, -0.2) is 0 Å². The Labute approximate surface area is 138 Å². The summed E-state index contributed by atoms with van der Waals surface area (Å²) in [6, 6.07) is 5.27. The monoisotopic (exact) mass is 314 g/mol. The highest BCUT2D eigenvalue weighted by atomic mass is 16.5. The fourth-order valence-electron chi connectivity index (χ4n) is 2.71. The van der Waals surface area contributed by atoms with Crippen molar-refractivity contribution in [1.82, 2.24) is 0 Å². The average molecular weight is 314 g/mol. The highest BCUT2D eigenvalue weighted by Gasteiger charge is 2.14. The fourth-order valence-corrected chi connectivity index (χ4v) is 2.71. The Bertz CT molecular complexity index is 599. The largest absolute Gasteiger partial charge is 0.504 e. The smallest absolute Gasteiger partial charge is 0.161 e. The summed E-state index contributed by atoms with van der Waals surface area (Å²) in [5, 5.41) is 9.56. The first-order valence-electron chi connectivity index (χ1n) is 8.04. The van der Waals surface area contributed by atoms with E-state index in [1.54, 1.807) is 19.2 Å². The molecule has 1 atom stereocenters. The topological polar surface area (TPSA) is 38.7 Å². The zero-order valence-corrected chi connectivity index (χ0v) is 14.0. The molecule has 1 aliphatic carbocycles. The lowest BCUT2D eigenvalue weighted by atomic mass is 9.86. The molecule has 0 amide bonds. The molecule has 1 aromatic carbocycles. The van der Waals surface area contributed by atoms with Crippen LogP contribution in [0.5, 0.6) is 11.5 Å². The summed E-state index contributed by atoms with van der Waals surface area (Å²) < 4.78 is 10.8. The summed E-state index contributed by atoms with van der Waals surface area (Å²) in [6.07, 6.45) is 9.64. The van der Waals surface area contributed by atoms with Gasteiger partial charge in [0, 0.05) is 0 Å². The van der Waals surface area contributed by atoms with Gasteiger partial charge in [0.25, 0.3) is 0 Å². The van der Waals surface area contributed by atoms with Gasteiger partial charge in [-0.15, -0.1) is 0 Å². The van der Waals surface area contributed by atoms with Crippen LogP contribution in [0.2, 0.25) is 0 Å². The lowest BCUT2D eigenvalue weighted by Gasteiger charge is -2.21. The maximum absolute atomic E-state index is 9.56. The van der Waals surface area contributed by atoms with Gasteiger partial charge in [-0.3, -0.25) is 0 Å². The van der Waals surface area contributed by atoms with E-state index in [0.717, 1.165) is 18.4 Å². The number of benzene rings is 1. The molecule has 23 heavy (non-hydrogen) atoms. The second-order valence-electron chi connectivity index (χ2n) is 6.03. The number of aromatic hydroxyl groups is 1. The van der Waals surface area contributed by atoms with Crippen molar-refractivity contribution in [3.63, 3.8) is 0 Å². The predicted molar refractivity (Wildman–Crippen MR) is 94.7 cm³/mol. The Morgan fingerprint density at radius 3 is 2.91 bits per heavy atom. The number of phenolic OH excluding ortho intramolecular Hbond substituents is 1. The van der Waals surface area contributed by atoms with Crippen molar-refractivity contribution in [3.8, 4) is 11.5 Å². The number of ether oxygens (including phenoxy) is 2. The second-order valence-corrected chi connectivity index (χ2v) is 6.03. The van der Waals surface area contributed by atoms with Gasteiger partial charge in [0.1, 0.15) is 0 Å². The van der Waals surface area contributed by atoms with Crippen LogP contribution in [0.1, 0.15) is 31.7 Å². The van der Waals surface area contributed by atoms with Crippen molar-refractivity contribution in [3.05, 3.63) is 53.6 Å². The summed E-state index contributed by atoms with van der Waals surface area (Å²) in [5.74, 6) is 1.27. The first-order chi connectivity index (χ1) is 11.1. The standard InChI is InChI=1S/C20H26O3/c1-15(2)18-9-6-17(7-10-18)14-23-12-4-5-16-8-11-19(21)20(13-16)22-3/h4-6,8,11,13,18,21H,1,7,9-10,12,14H2,2-3H3/b5-4+/t18-/m0/s1. The molecule has 0 heterocycles. The van der Waals surface area contributed by atoms with Gasteiger partial charge in [0.2, 0.25) is 0 Å². The zero-order chi connectivity index (χ0) is 16.7. The molecular weight excluding hydrogens is 288 g/mol. The van der Waals surface area contributed by atoms with Gasteiger partial charge >= 0.3 is 0 Å². The van der Waals surface area contributed by atoms with Crippen LogP contribution in [0.15, 0.2) is 48.1 Å². The third-order valence-electron chi connectivity index (χ3n) is 4.22. The van der Waals surface area contributed by atoms with Crippen LogP contribution in [0, 0.1) is 5.92 Å².